The summed E-state index contributed by atoms with van der Waals surface area (Å²) in [7, 11) is 1.87. The third-order valence-electron chi connectivity index (χ3n) is 5.34. The molecular formula is C20H43N5. The third kappa shape index (κ3) is 10.0. The van der Waals surface area contributed by atoms with Gasteiger partial charge in [0.1, 0.15) is 0 Å². The average Bonchev–Trinajstić information content (AvgIpc) is 2.66. The largest absolute Gasteiger partial charge is 0.356 e. The molecule has 0 spiro atoms. The minimum atomic E-state index is 0.552. The molecule has 2 N–H and O–H groups in total. The fourth-order valence-electron chi connectivity index (χ4n) is 3.40. The highest BCUT2D eigenvalue weighted by molar-refractivity contribution is 5.79. The van der Waals surface area contributed by atoms with E-state index in [1.807, 2.05) is 7.05 Å². The van der Waals surface area contributed by atoms with Crippen LogP contribution < -0.4 is 10.6 Å². The van der Waals surface area contributed by atoms with Gasteiger partial charge in [-0.3, -0.25) is 9.89 Å². The Labute approximate surface area is 156 Å². The summed E-state index contributed by atoms with van der Waals surface area (Å²) in [6.07, 6.45) is 9.44. The van der Waals surface area contributed by atoms with Gasteiger partial charge in [0.2, 0.25) is 0 Å². The van der Waals surface area contributed by atoms with Crippen LogP contribution in [0.1, 0.15) is 65.7 Å². The Balaban J connectivity index is 2.07. The van der Waals surface area contributed by atoms with Crippen LogP contribution in [0.25, 0.3) is 0 Å². The first-order valence-corrected chi connectivity index (χ1v) is 10.6. The Morgan fingerprint density at radius 3 is 2.16 bits per heavy atom. The number of hydrogen-bond donors (Lipinski definition) is 2. The number of piperazine rings is 1. The van der Waals surface area contributed by atoms with E-state index in [9.17, 15) is 0 Å². The van der Waals surface area contributed by atoms with Crippen molar-refractivity contribution in [3.63, 3.8) is 0 Å². The van der Waals surface area contributed by atoms with Gasteiger partial charge in [-0.05, 0) is 19.9 Å². The Kier molecular flexibility index (Phi) is 12.8. The van der Waals surface area contributed by atoms with Gasteiger partial charge in [-0.15, -0.1) is 0 Å². The molecule has 0 amide bonds. The third-order valence-corrected chi connectivity index (χ3v) is 5.34. The zero-order valence-electron chi connectivity index (χ0n) is 17.3. The van der Waals surface area contributed by atoms with Crippen molar-refractivity contribution < 1.29 is 0 Å². The zero-order valence-corrected chi connectivity index (χ0v) is 17.3. The number of unbranched alkanes of at least 4 members (excludes halogenated alkanes) is 6. The summed E-state index contributed by atoms with van der Waals surface area (Å²) in [6.45, 7) is 14.8. The molecule has 0 aromatic rings. The molecule has 1 saturated heterocycles. The van der Waals surface area contributed by atoms with Crippen molar-refractivity contribution in [3.05, 3.63) is 0 Å². The minimum Gasteiger partial charge on any atom is -0.356 e. The Morgan fingerprint density at radius 2 is 1.56 bits per heavy atom. The number of aliphatic imine (C=N–C) groups is 1. The topological polar surface area (TPSA) is 42.9 Å². The van der Waals surface area contributed by atoms with Crippen LogP contribution in [0.15, 0.2) is 4.99 Å². The maximum absolute atomic E-state index is 4.36. The first-order chi connectivity index (χ1) is 12.2. The van der Waals surface area contributed by atoms with Crippen LogP contribution in [0.3, 0.4) is 0 Å². The van der Waals surface area contributed by atoms with Gasteiger partial charge in [-0.25, -0.2) is 0 Å². The van der Waals surface area contributed by atoms with E-state index in [4.69, 9.17) is 0 Å². The molecule has 0 bridgehead atoms. The van der Waals surface area contributed by atoms with Crippen LogP contribution >= 0.6 is 0 Å². The zero-order chi connectivity index (χ0) is 18.3. The number of nitrogens with zero attached hydrogens (tertiary/aromatic N) is 3. The molecule has 148 valence electrons. The van der Waals surface area contributed by atoms with Crippen molar-refractivity contribution in [1.29, 1.82) is 0 Å². The van der Waals surface area contributed by atoms with E-state index in [-0.39, 0.29) is 0 Å². The van der Waals surface area contributed by atoms with Crippen molar-refractivity contribution in [2.45, 2.75) is 71.8 Å². The first kappa shape index (κ1) is 22.2. The highest BCUT2D eigenvalue weighted by atomic mass is 15.3. The van der Waals surface area contributed by atoms with Crippen molar-refractivity contribution >= 4 is 5.96 Å². The molecule has 1 unspecified atom stereocenters. The standard InChI is InChI=1S/C20H43N5/c1-5-7-8-9-10-11-12-13-22-20(21-4)23-18-19(3)25-16-14-24(6-2)15-17-25/h19H,5-18H2,1-4H3,(H2,21,22,23). The van der Waals surface area contributed by atoms with E-state index >= 15 is 0 Å². The lowest BCUT2D eigenvalue weighted by Gasteiger charge is -2.37. The molecule has 1 fully saturated rings. The van der Waals surface area contributed by atoms with Crippen LogP contribution in [0, 0.1) is 0 Å². The molecule has 0 saturated carbocycles. The number of nitrogens with one attached hydrogen (secondary N) is 2. The van der Waals surface area contributed by atoms with Gasteiger partial charge in [0.15, 0.2) is 5.96 Å². The molecule has 25 heavy (non-hydrogen) atoms. The fourth-order valence-corrected chi connectivity index (χ4v) is 3.40. The molecule has 1 aliphatic heterocycles. The lowest BCUT2D eigenvalue weighted by atomic mass is 10.1. The molecular weight excluding hydrogens is 310 g/mol. The smallest absolute Gasteiger partial charge is 0.191 e. The summed E-state index contributed by atoms with van der Waals surface area (Å²) in [5.74, 6) is 0.949. The van der Waals surface area contributed by atoms with Gasteiger partial charge in [0, 0.05) is 52.4 Å². The van der Waals surface area contributed by atoms with Crippen LogP contribution in [0.2, 0.25) is 0 Å². The monoisotopic (exact) mass is 353 g/mol. The van der Waals surface area contributed by atoms with E-state index in [2.05, 4.69) is 46.2 Å². The van der Waals surface area contributed by atoms with Crippen molar-refractivity contribution in [2.24, 2.45) is 4.99 Å². The first-order valence-electron chi connectivity index (χ1n) is 10.6. The molecule has 1 atom stereocenters. The predicted octanol–water partition coefficient (Wildman–Crippen LogP) is 2.93. The lowest BCUT2D eigenvalue weighted by molar-refractivity contribution is 0.107. The molecule has 0 aliphatic carbocycles. The van der Waals surface area contributed by atoms with Gasteiger partial charge in [-0.2, -0.15) is 0 Å². The second-order valence-electron chi connectivity index (χ2n) is 7.32. The highest BCUT2D eigenvalue weighted by Gasteiger charge is 2.20. The summed E-state index contributed by atoms with van der Waals surface area (Å²) in [5, 5.41) is 6.95. The maximum atomic E-state index is 4.36. The predicted molar refractivity (Wildman–Crippen MR) is 111 cm³/mol. The van der Waals surface area contributed by atoms with Crippen LogP contribution in [-0.4, -0.2) is 74.7 Å². The normalized spacial score (nSPS) is 18.3. The quantitative estimate of drug-likeness (QED) is 0.322. The fraction of sp³-hybridized carbons (Fsp3) is 0.950. The molecule has 0 aromatic carbocycles. The molecule has 0 radical (unpaired) electrons. The average molecular weight is 354 g/mol. The van der Waals surface area contributed by atoms with Gasteiger partial charge in [0.05, 0.1) is 0 Å². The number of rotatable bonds is 12. The number of hydrogen-bond acceptors (Lipinski definition) is 3. The van der Waals surface area contributed by atoms with Crippen LogP contribution in [0.5, 0.6) is 0 Å². The van der Waals surface area contributed by atoms with E-state index in [1.165, 1.54) is 77.7 Å². The summed E-state index contributed by atoms with van der Waals surface area (Å²) >= 11 is 0. The minimum absolute atomic E-state index is 0.552. The maximum Gasteiger partial charge on any atom is 0.191 e. The van der Waals surface area contributed by atoms with Gasteiger partial charge in [0.25, 0.3) is 0 Å². The highest BCUT2D eigenvalue weighted by Crippen LogP contribution is 2.07. The Morgan fingerprint density at radius 1 is 0.920 bits per heavy atom. The molecule has 1 aliphatic rings. The summed E-state index contributed by atoms with van der Waals surface area (Å²) in [6, 6.07) is 0.552. The second kappa shape index (κ2) is 14.4. The Hall–Kier alpha value is -0.810. The van der Waals surface area contributed by atoms with Crippen LogP contribution in [0.4, 0.5) is 0 Å². The number of guanidine groups is 1. The van der Waals surface area contributed by atoms with Crippen LogP contribution in [-0.2, 0) is 0 Å². The lowest BCUT2D eigenvalue weighted by Crippen LogP contribution is -2.53. The summed E-state index contributed by atoms with van der Waals surface area (Å²) in [5.41, 5.74) is 0. The van der Waals surface area contributed by atoms with Gasteiger partial charge < -0.3 is 15.5 Å². The molecule has 0 aromatic heterocycles. The number of likely N-dealkylation sites (N-methyl/N-ethyl adjacent to an activating group) is 1. The van der Waals surface area contributed by atoms with Gasteiger partial charge >= 0.3 is 0 Å². The summed E-state index contributed by atoms with van der Waals surface area (Å²) < 4.78 is 0. The Bertz CT molecular complexity index is 337. The van der Waals surface area contributed by atoms with E-state index in [1.54, 1.807) is 0 Å². The molecule has 5 heteroatoms. The van der Waals surface area contributed by atoms with E-state index < -0.39 is 0 Å². The molecule has 1 rings (SSSR count). The summed E-state index contributed by atoms with van der Waals surface area (Å²) in [4.78, 5) is 9.47. The molecule has 1 heterocycles. The van der Waals surface area contributed by atoms with Crippen molar-refractivity contribution in [1.82, 2.24) is 20.4 Å². The molecule has 5 nitrogen and oxygen atoms in total. The second-order valence-corrected chi connectivity index (χ2v) is 7.32. The SMILES string of the molecule is CCCCCCCCCNC(=NC)NCC(C)N1CCN(CC)CC1. The van der Waals surface area contributed by atoms with E-state index in [0.29, 0.717) is 6.04 Å². The van der Waals surface area contributed by atoms with Gasteiger partial charge in [-0.1, -0.05) is 52.4 Å². The van der Waals surface area contributed by atoms with Crippen molar-refractivity contribution in [3.8, 4) is 0 Å². The van der Waals surface area contributed by atoms with Crippen molar-refractivity contribution in [2.75, 3.05) is 52.9 Å². The van der Waals surface area contributed by atoms with E-state index in [0.717, 1.165) is 19.0 Å².